The van der Waals surface area contributed by atoms with Crippen LogP contribution in [0, 0.1) is 0 Å². The molecule has 0 bridgehead atoms. The van der Waals surface area contributed by atoms with Crippen molar-refractivity contribution < 1.29 is 29.1 Å². The first-order chi connectivity index (χ1) is 19.2. The Morgan fingerprint density at radius 3 is 1.20 bits per heavy atom. The first kappa shape index (κ1) is 29.6. The van der Waals surface area contributed by atoms with Gasteiger partial charge in [0.25, 0.3) is 0 Å². The lowest BCUT2D eigenvalue weighted by Crippen LogP contribution is -2.58. The SMILES string of the molecule is CC(=O)NC(=O)[C@@H](Cc1ccccc1)NC(=O)[C@@H](Cc1ccccc1)NC(=O)[C@@H](Cc1ccccc1)NC(=O)O. The highest BCUT2D eigenvalue weighted by molar-refractivity contribution is 5.99. The largest absolute Gasteiger partial charge is 0.465 e. The molecule has 3 aromatic carbocycles. The fourth-order valence-electron chi connectivity index (χ4n) is 4.13. The molecule has 40 heavy (non-hydrogen) atoms. The minimum Gasteiger partial charge on any atom is -0.465 e. The number of hydrogen-bond donors (Lipinski definition) is 5. The van der Waals surface area contributed by atoms with E-state index in [4.69, 9.17) is 0 Å². The van der Waals surface area contributed by atoms with Crippen LogP contribution in [0.25, 0.3) is 0 Å². The normalized spacial score (nSPS) is 12.7. The summed E-state index contributed by atoms with van der Waals surface area (Å²) in [6, 6.07) is 23.4. The van der Waals surface area contributed by atoms with Crippen molar-refractivity contribution in [1.82, 2.24) is 21.3 Å². The van der Waals surface area contributed by atoms with Gasteiger partial charge in [-0.25, -0.2) is 4.79 Å². The van der Waals surface area contributed by atoms with Gasteiger partial charge in [-0.2, -0.15) is 0 Å². The lowest BCUT2D eigenvalue weighted by Gasteiger charge is -2.25. The lowest BCUT2D eigenvalue weighted by molar-refractivity contribution is -0.134. The molecular formula is C30H32N4O6. The van der Waals surface area contributed by atoms with Crippen LogP contribution in [0.3, 0.4) is 0 Å². The second-order valence-corrected chi connectivity index (χ2v) is 9.24. The maximum Gasteiger partial charge on any atom is 0.405 e. The average Bonchev–Trinajstić information content (AvgIpc) is 2.93. The van der Waals surface area contributed by atoms with Crippen LogP contribution in [-0.4, -0.2) is 53.0 Å². The molecule has 208 valence electrons. The zero-order chi connectivity index (χ0) is 28.9. The maximum absolute atomic E-state index is 13.5. The van der Waals surface area contributed by atoms with E-state index in [1.54, 1.807) is 78.9 Å². The van der Waals surface area contributed by atoms with Crippen molar-refractivity contribution in [3.63, 3.8) is 0 Å². The van der Waals surface area contributed by atoms with Gasteiger partial charge in [-0.1, -0.05) is 91.0 Å². The van der Waals surface area contributed by atoms with Crippen molar-refractivity contribution in [2.75, 3.05) is 0 Å². The number of carbonyl (C=O) groups is 5. The molecule has 0 saturated carbocycles. The van der Waals surface area contributed by atoms with Crippen molar-refractivity contribution in [1.29, 1.82) is 0 Å². The van der Waals surface area contributed by atoms with E-state index in [9.17, 15) is 29.1 Å². The van der Waals surface area contributed by atoms with Crippen LogP contribution in [-0.2, 0) is 38.4 Å². The monoisotopic (exact) mass is 544 g/mol. The highest BCUT2D eigenvalue weighted by Crippen LogP contribution is 2.09. The van der Waals surface area contributed by atoms with Crippen molar-refractivity contribution >= 4 is 29.7 Å². The van der Waals surface area contributed by atoms with Gasteiger partial charge in [-0.15, -0.1) is 0 Å². The summed E-state index contributed by atoms with van der Waals surface area (Å²) in [6.07, 6.45) is -1.13. The standard InChI is InChI=1S/C30H32N4O6/c1-20(35)31-27(36)24(17-21-11-5-2-6-12-21)32-28(37)25(18-22-13-7-3-8-14-22)33-29(38)26(34-30(39)40)19-23-15-9-4-10-16-23/h2-16,24-26,34H,17-19H2,1H3,(H,32,37)(H,33,38)(H,39,40)(H,31,35,36)/t24-,25-,26-/m1/s1. The average molecular weight is 545 g/mol. The summed E-state index contributed by atoms with van der Waals surface area (Å²) >= 11 is 0. The van der Waals surface area contributed by atoms with E-state index in [1.165, 1.54) is 6.92 Å². The first-order valence-corrected chi connectivity index (χ1v) is 12.7. The van der Waals surface area contributed by atoms with Crippen molar-refractivity contribution in [3.05, 3.63) is 108 Å². The number of benzene rings is 3. The van der Waals surface area contributed by atoms with E-state index in [1.807, 2.05) is 12.1 Å². The molecule has 0 heterocycles. The third kappa shape index (κ3) is 9.71. The first-order valence-electron chi connectivity index (χ1n) is 12.7. The third-order valence-electron chi connectivity index (χ3n) is 6.03. The molecule has 3 aromatic rings. The minimum atomic E-state index is -1.39. The molecule has 0 fully saturated rings. The van der Waals surface area contributed by atoms with Crippen molar-refractivity contribution in [3.8, 4) is 0 Å². The molecular weight excluding hydrogens is 512 g/mol. The van der Waals surface area contributed by atoms with Gasteiger partial charge in [0.15, 0.2) is 0 Å². The summed E-state index contributed by atoms with van der Waals surface area (Å²) in [5.74, 6) is -2.63. The quantitative estimate of drug-likeness (QED) is 0.235. The van der Waals surface area contributed by atoms with E-state index in [2.05, 4.69) is 21.3 Å². The summed E-state index contributed by atoms with van der Waals surface area (Å²) in [4.78, 5) is 62.7. The number of hydrogen-bond acceptors (Lipinski definition) is 5. The number of carboxylic acid groups (broad SMARTS) is 1. The van der Waals surface area contributed by atoms with Crippen LogP contribution in [0.4, 0.5) is 4.79 Å². The van der Waals surface area contributed by atoms with Gasteiger partial charge in [-0.3, -0.25) is 24.5 Å². The number of amides is 5. The molecule has 0 radical (unpaired) electrons. The Kier molecular flexibility index (Phi) is 11.0. The Morgan fingerprint density at radius 2 is 0.875 bits per heavy atom. The van der Waals surface area contributed by atoms with Crippen LogP contribution >= 0.6 is 0 Å². The van der Waals surface area contributed by atoms with Crippen LogP contribution in [0.15, 0.2) is 91.0 Å². The maximum atomic E-state index is 13.5. The van der Waals surface area contributed by atoms with Gasteiger partial charge < -0.3 is 21.1 Å². The Morgan fingerprint density at radius 1 is 0.550 bits per heavy atom. The molecule has 10 heteroatoms. The number of carbonyl (C=O) groups excluding carboxylic acids is 4. The second-order valence-electron chi connectivity index (χ2n) is 9.24. The third-order valence-corrected chi connectivity index (χ3v) is 6.03. The molecule has 5 N–H and O–H groups in total. The Bertz CT molecular complexity index is 1300. The Hall–Kier alpha value is -4.99. The molecule has 0 saturated heterocycles. The van der Waals surface area contributed by atoms with Gasteiger partial charge in [0.2, 0.25) is 23.6 Å². The van der Waals surface area contributed by atoms with Gasteiger partial charge in [0, 0.05) is 26.2 Å². The highest BCUT2D eigenvalue weighted by Gasteiger charge is 2.30. The van der Waals surface area contributed by atoms with E-state index >= 15 is 0 Å². The lowest BCUT2D eigenvalue weighted by atomic mass is 10.0. The fourth-order valence-corrected chi connectivity index (χ4v) is 4.13. The molecule has 3 atom stereocenters. The van der Waals surface area contributed by atoms with E-state index in [0.29, 0.717) is 0 Å². The molecule has 0 unspecified atom stereocenters. The molecule has 0 aliphatic rings. The minimum absolute atomic E-state index is 0.0658. The number of nitrogens with one attached hydrogen (secondary N) is 4. The highest BCUT2D eigenvalue weighted by atomic mass is 16.4. The smallest absolute Gasteiger partial charge is 0.405 e. The van der Waals surface area contributed by atoms with Crippen LogP contribution in [0.5, 0.6) is 0 Å². The molecule has 3 rings (SSSR count). The summed E-state index contributed by atoms with van der Waals surface area (Å²) in [5.41, 5.74) is 2.22. The zero-order valence-electron chi connectivity index (χ0n) is 22.0. The fraction of sp³-hybridized carbons (Fsp3) is 0.233. The van der Waals surface area contributed by atoms with Crippen molar-refractivity contribution in [2.24, 2.45) is 0 Å². The molecule has 0 aliphatic heterocycles. The Balaban J connectivity index is 1.84. The van der Waals surface area contributed by atoms with Crippen LogP contribution < -0.4 is 21.3 Å². The van der Waals surface area contributed by atoms with Crippen LogP contribution in [0.2, 0.25) is 0 Å². The van der Waals surface area contributed by atoms with Gasteiger partial charge in [0.1, 0.15) is 18.1 Å². The molecule has 10 nitrogen and oxygen atoms in total. The van der Waals surface area contributed by atoms with Gasteiger partial charge in [0.05, 0.1) is 0 Å². The number of rotatable bonds is 12. The number of imide groups is 1. The van der Waals surface area contributed by atoms with Crippen LogP contribution in [0.1, 0.15) is 23.6 Å². The second kappa shape index (κ2) is 14.8. The molecule has 0 aromatic heterocycles. The predicted molar refractivity (Wildman–Crippen MR) is 148 cm³/mol. The topological polar surface area (TPSA) is 154 Å². The summed E-state index contributed by atoms with van der Waals surface area (Å²) in [5, 5.41) is 19.1. The molecule has 0 aliphatic carbocycles. The Labute approximate surface area is 232 Å². The van der Waals surface area contributed by atoms with Gasteiger partial charge in [-0.05, 0) is 16.7 Å². The molecule has 5 amide bonds. The van der Waals surface area contributed by atoms with E-state index < -0.39 is 47.8 Å². The van der Waals surface area contributed by atoms with Gasteiger partial charge >= 0.3 is 6.09 Å². The summed E-state index contributed by atoms with van der Waals surface area (Å²) in [7, 11) is 0. The molecule has 0 spiro atoms. The van der Waals surface area contributed by atoms with E-state index in [0.717, 1.165) is 16.7 Å². The van der Waals surface area contributed by atoms with E-state index in [-0.39, 0.29) is 19.3 Å². The summed E-state index contributed by atoms with van der Waals surface area (Å²) in [6.45, 7) is 1.19. The van der Waals surface area contributed by atoms with Crippen molar-refractivity contribution in [2.45, 2.75) is 44.3 Å². The zero-order valence-corrected chi connectivity index (χ0v) is 22.0. The predicted octanol–water partition coefficient (Wildman–Crippen LogP) is 1.98. The summed E-state index contributed by atoms with van der Waals surface area (Å²) < 4.78 is 0.